The molecule has 3 fully saturated rings. The lowest BCUT2D eigenvalue weighted by Gasteiger charge is -2.31. The van der Waals surface area contributed by atoms with Crippen molar-refractivity contribution < 1.29 is 21.6 Å². The van der Waals surface area contributed by atoms with Crippen LogP contribution < -0.4 is 5.32 Å². The maximum Gasteiger partial charge on any atom is 0.511 e. The number of sulfonamides is 1. The molecule has 29 heavy (non-hydrogen) atoms. The molecule has 2 heterocycles. The van der Waals surface area contributed by atoms with Crippen LogP contribution in [-0.2, 0) is 10.0 Å². The van der Waals surface area contributed by atoms with Gasteiger partial charge in [-0.25, -0.2) is 8.42 Å². The molecule has 0 aromatic carbocycles. The first-order valence-electron chi connectivity index (χ1n) is 10.3. The maximum atomic E-state index is 12.7. The lowest BCUT2D eigenvalue weighted by atomic mass is 9.82. The van der Waals surface area contributed by atoms with E-state index in [0.29, 0.717) is 23.7 Å². The van der Waals surface area contributed by atoms with Crippen LogP contribution in [0.1, 0.15) is 45.4 Å². The summed E-state index contributed by atoms with van der Waals surface area (Å²) in [6, 6.07) is 0. The van der Waals surface area contributed by atoms with E-state index in [1.54, 1.807) is 0 Å². The van der Waals surface area contributed by atoms with Crippen molar-refractivity contribution in [1.29, 1.82) is 0 Å². The number of rotatable bonds is 4. The summed E-state index contributed by atoms with van der Waals surface area (Å²) in [5.41, 5.74) is -5.22. The van der Waals surface area contributed by atoms with Gasteiger partial charge in [0.25, 0.3) is 0 Å². The van der Waals surface area contributed by atoms with Gasteiger partial charge in [-0.05, 0) is 50.4 Å². The molecule has 0 radical (unpaired) electrons. The minimum atomic E-state index is -5.22. The fourth-order valence-electron chi connectivity index (χ4n) is 4.70. The van der Waals surface area contributed by atoms with Crippen LogP contribution in [0.5, 0.6) is 0 Å². The van der Waals surface area contributed by atoms with E-state index < -0.39 is 15.5 Å². The summed E-state index contributed by atoms with van der Waals surface area (Å²) in [4.78, 5) is 7.08. The first-order valence-corrected chi connectivity index (χ1v) is 11.8. The molecule has 3 aliphatic rings. The third kappa shape index (κ3) is 5.90. The smallest absolute Gasteiger partial charge is 0.357 e. The van der Waals surface area contributed by atoms with Crippen molar-refractivity contribution in [1.82, 2.24) is 14.5 Å². The van der Waals surface area contributed by atoms with Crippen molar-refractivity contribution >= 4 is 40.0 Å². The van der Waals surface area contributed by atoms with Crippen molar-refractivity contribution in [3.05, 3.63) is 0 Å². The Bertz CT molecular complexity index is 653. The van der Waals surface area contributed by atoms with Gasteiger partial charge < -0.3 is 10.2 Å². The molecule has 2 saturated heterocycles. The van der Waals surface area contributed by atoms with Gasteiger partial charge in [-0.2, -0.15) is 17.5 Å². The van der Waals surface area contributed by atoms with Gasteiger partial charge in [0.1, 0.15) is 0 Å². The fourth-order valence-corrected chi connectivity index (χ4v) is 5.68. The third-order valence-corrected chi connectivity index (χ3v) is 7.95. The summed E-state index contributed by atoms with van der Waals surface area (Å²) in [6.07, 6.45) is 6.00. The zero-order valence-corrected chi connectivity index (χ0v) is 20.0. The van der Waals surface area contributed by atoms with E-state index in [2.05, 4.69) is 10.2 Å². The van der Waals surface area contributed by atoms with Gasteiger partial charge in [0, 0.05) is 39.3 Å². The highest BCUT2D eigenvalue weighted by Gasteiger charge is 2.50. The Balaban J connectivity index is 0.00000300. The van der Waals surface area contributed by atoms with Crippen LogP contribution in [-0.4, -0.2) is 68.4 Å². The van der Waals surface area contributed by atoms with E-state index >= 15 is 0 Å². The van der Waals surface area contributed by atoms with Gasteiger partial charge in [0.2, 0.25) is 0 Å². The Morgan fingerprint density at radius 2 is 1.62 bits per heavy atom. The van der Waals surface area contributed by atoms with Gasteiger partial charge in [0.05, 0.1) is 0 Å². The lowest BCUT2D eigenvalue weighted by molar-refractivity contribution is -0.0496. The van der Waals surface area contributed by atoms with Crippen molar-refractivity contribution in [2.24, 2.45) is 22.7 Å². The molecule has 0 aromatic heterocycles. The highest BCUT2D eigenvalue weighted by molar-refractivity contribution is 14.0. The van der Waals surface area contributed by atoms with Crippen molar-refractivity contribution in [3.63, 3.8) is 0 Å². The Morgan fingerprint density at radius 3 is 2.10 bits per heavy atom. The Kier molecular flexibility index (Phi) is 8.90. The van der Waals surface area contributed by atoms with E-state index in [-0.39, 0.29) is 43.0 Å². The van der Waals surface area contributed by atoms with Crippen LogP contribution in [0, 0.1) is 17.8 Å². The predicted molar refractivity (Wildman–Crippen MR) is 118 cm³/mol. The first kappa shape index (κ1) is 25.0. The summed E-state index contributed by atoms with van der Waals surface area (Å²) in [6.45, 7) is 5.19. The van der Waals surface area contributed by atoms with Gasteiger partial charge in [-0.15, -0.1) is 24.0 Å². The monoisotopic (exact) mass is 552 g/mol. The Morgan fingerprint density at radius 1 is 1.07 bits per heavy atom. The molecule has 3 rings (SSSR count). The number of hydrogen-bond donors (Lipinski definition) is 1. The number of hydrogen-bond acceptors (Lipinski definition) is 3. The topological polar surface area (TPSA) is 65.0 Å². The zero-order chi connectivity index (χ0) is 20.4. The molecule has 1 aliphatic carbocycles. The summed E-state index contributed by atoms with van der Waals surface area (Å²) in [7, 11) is -5.21. The average molecular weight is 552 g/mol. The van der Waals surface area contributed by atoms with E-state index in [4.69, 9.17) is 4.99 Å². The Labute approximate surface area is 188 Å². The van der Waals surface area contributed by atoms with Crippen LogP contribution in [0.3, 0.4) is 0 Å². The summed E-state index contributed by atoms with van der Waals surface area (Å²) < 4.78 is 61.7. The standard InChI is InChI=1S/C18H31F3N4O2S.HI/c1-2-22-17(24-12-15-5-3-4-6-16(15)13-24)23-11-14-7-9-25(10-8-14)28(26,27)18(19,20)21;/h14-16H,2-13H2,1H3,(H,22,23);1H. The van der Waals surface area contributed by atoms with Crippen LogP contribution in [0.2, 0.25) is 0 Å². The Hall–Kier alpha value is -0.300. The number of alkyl halides is 3. The molecule has 2 unspecified atom stereocenters. The van der Waals surface area contributed by atoms with Crippen LogP contribution in [0.15, 0.2) is 4.99 Å². The number of likely N-dealkylation sites (tertiary alicyclic amines) is 1. The zero-order valence-electron chi connectivity index (χ0n) is 16.8. The molecular weight excluding hydrogens is 520 g/mol. The highest BCUT2D eigenvalue weighted by atomic mass is 127. The molecule has 1 saturated carbocycles. The normalized spacial score (nSPS) is 27.4. The minimum absolute atomic E-state index is 0. The van der Waals surface area contributed by atoms with Crippen LogP contribution >= 0.6 is 24.0 Å². The quantitative estimate of drug-likeness (QED) is 0.331. The van der Waals surface area contributed by atoms with Crippen LogP contribution in [0.25, 0.3) is 0 Å². The number of nitrogens with one attached hydrogen (secondary N) is 1. The predicted octanol–water partition coefficient (Wildman–Crippen LogP) is 3.25. The van der Waals surface area contributed by atoms with Crippen molar-refractivity contribution in [2.45, 2.75) is 51.0 Å². The average Bonchev–Trinajstić information content (AvgIpc) is 3.08. The van der Waals surface area contributed by atoms with Gasteiger partial charge >= 0.3 is 15.5 Å². The molecule has 2 atom stereocenters. The fraction of sp³-hybridized carbons (Fsp3) is 0.944. The molecule has 11 heteroatoms. The number of fused-ring (bicyclic) bond motifs is 1. The lowest BCUT2D eigenvalue weighted by Crippen LogP contribution is -2.45. The number of piperidine rings is 1. The van der Waals surface area contributed by atoms with Gasteiger partial charge in [-0.3, -0.25) is 4.99 Å². The number of guanidine groups is 1. The molecule has 2 aliphatic heterocycles. The molecular formula is C18H32F3IN4O2S. The molecule has 170 valence electrons. The minimum Gasteiger partial charge on any atom is -0.357 e. The van der Waals surface area contributed by atoms with Crippen molar-refractivity contribution in [3.8, 4) is 0 Å². The molecule has 0 amide bonds. The van der Waals surface area contributed by atoms with E-state index in [9.17, 15) is 21.6 Å². The second-order valence-corrected chi connectivity index (χ2v) is 10.1. The second-order valence-electron chi connectivity index (χ2n) is 8.20. The van der Waals surface area contributed by atoms with Gasteiger partial charge in [-0.1, -0.05) is 12.8 Å². The van der Waals surface area contributed by atoms with Crippen LogP contribution in [0.4, 0.5) is 13.2 Å². The summed E-state index contributed by atoms with van der Waals surface area (Å²) >= 11 is 0. The maximum absolute atomic E-state index is 12.7. The highest BCUT2D eigenvalue weighted by Crippen LogP contribution is 2.36. The van der Waals surface area contributed by atoms with Crippen molar-refractivity contribution in [2.75, 3.05) is 39.3 Å². The molecule has 6 nitrogen and oxygen atoms in total. The van der Waals surface area contributed by atoms with E-state index in [0.717, 1.165) is 37.4 Å². The van der Waals surface area contributed by atoms with Gasteiger partial charge in [0.15, 0.2) is 5.96 Å². The number of aliphatic imine (C=N–C) groups is 1. The molecule has 0 bridgehead atoms. The summed E-state index contributed by atoms with van der Waals surface area (Å²) in [5, 5.41) is 3.35. The molecule has 1 N–H and O–H groups in total. The molecule has 0 spiro atoms. The van der Waals surface area contributed by atoms with E-state index in [1.807, 2.05) is 6.92 Å². The number of halogens is 4. The third-order valence-electron chi connectivity index (χ3n) is 6.32. The molecule has 0 aromatic rings. The largest absolute Gasteiger partial charge is 0.511 e. The first-order chi connectivity index (χ1) is 13.2. The number of nitrogens with zero attached hydrogens (tertiary/aromatic N) is 3. The SMILES string of the molecule is CCNC(=NCC1CCN(S(=O)(=O)C(F)(F)F)CC1)N1CC2CCCCC2C1.I. The summed E-state index contributed by atoms with van der Waals surface area (Å²) in [5.74, 6) is 2.49. The van der Waals surface area contributed by atoms with E-state index in [1.165, 1.54) is 25.7 Å². The second kappa shape index (κ2) is 10.3.